The van der Waals surface area contributed by atoms with E-state index in [0.717, 1.165) is 13.0 Å². The highest BCUT2D eigenvalue weighted by Crippen LogP contribution is 2.31. The highest BCUT2D eigenvalue weighted by Gasteiger charge is 2.33. The number of aromatic nitrogens is 2. The SMILES string of the molecule is COC1CNC(c2nc(C(C)(C)c3ccccc3)no2)C1. The Labute approximate surface area is 124 Å². The van der Waals surface area contributed by atoms with E-state index in [4.69, 9.17) is 9.26 Å². The van der Waals surface area contributed by atoms with Gasteiger partial charge in [0.05, 0.1) is 17.6 Å². The summed E-state index contributed by atoms with van der Waals surface area (Å²) >= 11 is 0. The van der Waals surface area contributed by atoms with Crippen LogP contribution in [0.4, 0.5) is 0 Å². The van der Waals surface area contributed by atoms with Gasteiger partial charge in [0.25, 0.3) is 0 Å². The fraction of sp³-hybridized carbons (Fsp3) is 0.500. The second-order valence-corrected chi connectivity index (χ2v) is 6.00. The van der Waals surface area contributed by atoms with Gasteiger partial charge in [-0.1, -0.05) is 35.5 Å². The van der Waals surface area contributed by atoms with Crippen LogP contribution in [0.15, 0.2) is 34.9 Å². The van der Waals surface area contributed by atoms with Gasteiger partial charge in [-0.3, -0.25) is 0 Å². The smallest absolute Gasteiger partial charge is 0.243 e. The molecule has 1 aliphatic rings. The lowest BCUT2D eigenvalue weighted by Gasteiger charge is -2.20. The van der Waals surface area contributed by atoms with E-state index in [1.165, 1.54) is 5.56 Å². The lowest BCUT2D eigenvalue weighted by atomic mass is 9.84. The van der Waals surface area contributed by atoms with E-state index >= 15 is 0 Å². The van der Waals surface area contributed by atoms with Gasteiger partial charge in [0.15, 0.2) is 5.82 Å². The van der Waals surface area contributed by atoms with Crippen molar-refractivity contribution >= 4 is 0 Å². The molecule has 1 aromatic heterocycles. The molecule has 5 heteroatoms. The molecule has 2 unspecified atom stereocenters. The molecule has 2 heterocycles. The summed E-state index contributed by atoms with van der Waals surface area (Å²) in [5.74, 6) is 1.36. The lowest BCUT2D eigenvalue weighted by Crippen LogP contribution is -2.21. The van der Waals surface area contributed by atoms with Crippen LogP contribution >= 0.6 is 0 Å². The van der Waals surface area contributed by atoms with Crippen LogP contribution in [-0.2, 0) is 10.2 Å². The van der Waals surface area contributed by atoms with Gasteiger partial charge in [-0.15, -0.1) is 0 Å². The van der Waals surface area contributed by atoms with E-state index < -0.39 is 0 Å². The van der Waals surface area contributed by atoms with E-state index in [1.807, 2.05) is 18.2 Å². The molecule has 2 aromatic rings. The molecule has 1 aromatic carbocycles. The zero-order chi connectivity index (χ0) is 14.9. The van der Waals surface area contributed by atoms with Gasteiger partial charge in [0.1, 0.15) is 0 Å². The van der Waals surface area contributed by atoms with Crippen molar-refractivity contribution < 1.29 is 9.26 Å². The average Bonchev–Trinajstić information content (AvgIpc) is 3.17. The van der Waals surface area contributed by atoms with Crippen LogP contribution in [0, 0.1) is 0 Å². The van der Waals surface area contributed by atoms with Crippen molar-refractivity contribution in [3.8, 4) is 0 Å². The quantitative estimate of drug-likeness (QED) is 0.936. The zero-order valence-electron chi connectivity index (χ0n) is 12.7. The first-order valence-electron chi connectivity index (χ1n) is 7.27. The Morgan fingerprint density at radius 3 is 2.71 bits per heavy atom. The van der Waals surface area contributed by atoms with Crippen LogP contribution in [0.1, 0.15) is 43.6 Å². The highest BCUT2D eigenvalue weighted by molar-refractivity contribution is 5.30. The molecule has 0 saturated carbocycles. The van der Waals surface area contributed by atoms with Crippen molar-refractivity contribution in [2.75, 3.05) is 13.7 Å². The van der Waals surface area contributed by atoms with E-state index in [-0.39, 0.29) is 17.6 Å². The summed E-state index contributed by atoms with van der Waals surface area (Å²) < 4.78 is 10.8. The molecule has 0 aliphatic carbocycles. The van der Waals surface area contributed by atoms with Crippen LogP contribution < -0.4 is 5.32 Å². The molecule has 0 amide bonds. The summed E-state index contributed by atoms with van der Waals surface area (Å²) in [6, 6.07) is 10.3. The monoisotopic (exact) mass is 287 g/mol. The normalized spacial score (nSPS) is 22.6. The summed E-state index contributed by atoms with van der Waals surface area (Å²) in [7, 11) is 1.73. The second kappa shape index (κ2) is 5.58. The van der Waals surface area contributed by atoms with Crippen LogP contribution in [0.25, 0.3) is 0 Å². The van der Waals surface area contributed by atoms with Crippen molar-refractivity contribution in [3.63, 3.8) is 0 Å². The predicted molar refractivity (Wildman–Crippen MR) is 79.0 cm³/mol. The molecule has 1 fully saturated rings. The Morgan fingerprint density at radius 2 is 2.05 bits per heavy atom. The van der Waals surface area contributed by atoms with Crippen molar-refractivity contribution in [2.24, 2.45) is 0 Å². The third-order valence-corrected chi connectivity index (χ3v) is 4.22. The molecule has 3 rings (SSSR count). The van der Waals surface area contributed by atoms with Crippen molar-refractivity contribution in [2.45, 2.75) is 37.8 Å². The number of benzene rings is 1. The third-order valence-electron chi connectivity index (χ3n) is 4.22. The van der Waals surface area contributed by atoms with Crippen LogP contribution in [0.2, 0.25) is 0 Å². The van der Waals surface area contributed by atoms with Gasteiger partial charge < -0.3 is 14.6 Å². The molecule has 1 N–H and O–H groups in total. The first kappa shape index (κ1) is 14.2. The lowest BCUT2D eigenvalue weighted by molar-refractivity contribution is 0.116. The minimum atomic E-state index is -0.276. The maximum Gasteiger partial charge on any atom is 0.243 e. The molecule has 0 radical (unpaired) electrons. The molecule has 21 heavy (non-hydrogen) atoms. The maximum absolute atomic E-state index is 5.47. The number of methoxy groups -OCH3 is 1. The largest absolute Gasteiger partial charge is 0.380 e. The van der Waals surface area contributed by atoms with E-state index in [1.54, 1.807) is 7.11 Å². The number of ether oxygens (including phenoxy) is 1. The average molecular weight is 287 g/mol. The van der Waals surface area contributed by atoms with Gasteiger partial charge in [-0.2, -0.15) is 4.98 Å². The third kappa shape index (κ3) is 2.71. The topological polar surface area (TPSA) is 60.2 Å². The molecule has 2 atom stereocenters. The zero-order valence-corrected chi connectivity index (χ0v) is 12.7. The van der Waals surface area contributed by atoms with Gasteiger partial charge in [-0.25, -0.2) is 0 Å². The summed E-state index contributed by atoms with van der Waals surface area (Å²) in [6.45, 7) is 5.04. The Balaban J connectivity index is 1.82. The molecular formula is C16H21N3O2. The van der Waals surface area contributed by atoms with Gasteiger partial charge >= 0.3 is 0 Å². The predicted octanol–water partition coefficient (Wildman–Crippen LogP) is 2.44. The first-order chi connectivity index (χ1) is 10.1. The summed E-state index contributed by atoms with van der Waals surface area (Å²) in [5, 5.41) is 7.55. The number of hydrogen-bond donors (Lipinski definition) is 1. The Kier molecular flexibility index (Phi) is 3.78. The minimum Gasteiger partial charge on any atom is -0.380 e. The highest BCUT2D eigenvalue weighted by atomic mass is 16.5. The molecule has 1 aliphatic heterocycles. The Morgan fingerprint density at radius 1 is 1.29 bits per heavy atom. The summed E-state index contributed by atoms with van der Waals surface area (Å²) in [5.41, 5.74) is 0.897. The van der Waals surface area contributed by atoms with E-state index in [2.05, 4.69) is 41.4 Å². The number of nitrogens with one attached hydrogen (secondary N) is 1. The van der Waals surface area contributed by atoms with Crippen molar-refractivity contribution in [3.05, 3.63) is 47.6 Å². The Hall–Kier alpha value is -1.72. The molecule has 0 bridgehead atoms. The number of hydrogen-bond acceptors (Lipinski definition) is 5. The van der Waals surface area contributed by atoms with Crippen LogP contribution in [-0.4, -0.2) is 29.9 Å². The fourth-order valence-corrected chi connectivity index (χ4v) is 2.69. The second-order valence-electron chi connectivity index (χ2n) is 6.00. The van der Waals surface area contributed by atoms with Gasteiger partial charge in [-0.05, 0) is 25.8 Å². The molecular weight excluding hydrogens is 266 g/mol. The van der Waals surface area contributed by atoms with Crippen LogP contribution in [0.5, 0.6) is 0 Å². The molecule has 5 nitrogen and oxygen atoms in total. The molecule has 112 valence electrons. The fourth-order valence-electron chi connectivity index (χ4n) is 2.69. The van der Waals surface area contributed by atoms with Gasteiger partial charge in [0.2, 0.25) is 5.89 Å². The number of nitrogens with zero attached hydrogens (tertiary/aromatic N) is 2. The summed E-state index contributed by atoms with van der Waals surface area (Å²) in [6.07, 6.45) is 1.08. The van der Waals surface area contributed by atoms with Gasteiger partial charge in [0, 0.05) is 13.7 Å². The standard InChI is InChI=1S/C16H21N3O2/c1-16(2,11-7-5-4-6-8-11)15-18-14(21-19-15)13-9-12(20-3)10-17-13/h4-8,12-13,17H,9-10H2,1-3H3. The Bertz CT molecular complexity index is 595. The first-order valence-corrected chi connectivity index (χ1v) is 7.27. The van der Waals surface area contributed by atoms with Crippen LogP contribution in [0.3, 0.4) is 0 Å². The maximum atomic E-state index is 5.47. The molecule has 0 spiro atoms. The van der Waals surface area contributed by atoms with Crippen molar-refractivity contribution in [1.82, 2.24) is 15.5 Å². The van der Waals surface area contributed by atoms with E-state index in [9.17, 15) is 0 Å². The van der Waals surface area contributed by atoms with E-state index in [0.29, 0.717) is 11.7 Å². The number of rotatable bonds is 4. The molecule has 1 saturated heterocycles. The summed E-state index contributed by atoms with van der Waals surface area (Å²) in [4.78, 5) is 4.61. The van der Waals surface area contributed by atoms with Crippen molar-refractivity contribution in [1.29, 1.82) is 0 Å². The minimum absolute atomic E-state index is 0.0859.